The van der Waals surface area contributed by atoms with Crippen molar-refractivity contribution >= 4 is 39.9 Å². The molecule has 0 unspecified atom stereocenters. The number of thioether (sulfide) groups is 1. The highest BCUT2D eigenvalue weighted by Gasteiger charge is 2.05. The van der Waals surface area contributed by atoms with Crippen LogP contribution in [0.2, 0.25) is 0 Å². The summed E-state index contributed by atoms with van der Waals surface area (Å²) in [6.07, 6.45) is 0. The van der Waals surface area contributed by atoms with Gasteiger partial charge in [-0.3, -0.25) is 0 Å². The molecule has 2 rings (SSSR count). The second kappa shape index (κ2) is 6.68. The molecule has 1 heterocycles. The standard InChI is InChI=1S/C14H15BrN2S2/c1-9(2)11-7-14(18)17-13(16-11)8-19-12-6-4-3-5-10(12)15/h3-7,9H,8H2,1-2H3,(H,16,17,18). The van der Waals surface area contributed by atoms with Crippen molar-refractivity contribution < 1.29 is 0 Å². The van der Waals surface area contributed by atoms with E-state index in [1.54, 1.807) is 11.8 Å². The molecule has 0 saturated carbocycles. The van der Waals surface area contributed by atoms with Crippen LogP contribution in [0.1, 0.15) is 31.3 Å². The van der Waals surface area contributed by atoms with E-state index in [-0.39, 0.29) is 0 Å². The van der Waals surface area contributed by atoms with Crippen LogP contribution in [0, 0.1) is 4.64 Å². The normalized spacial score (nSPS) is 10.9. The van der Waals surface area contributed by atoms with Gasteiger partial charge in [0.1, 0.15) is 10.5 Å². The molecule has 1 N–H and O–H groups in total. The van der Waals surface area contributed by atoms with E-state index >= 15 is 0 Å². The van der Waals surface area contributed by atoms with Gasteiger partial charge in [0, 0.05) is 15.1 Å². The average molecular weight is 355 g/mol. The summed E-state index contributed by atoms with van der Waals surface area (Å²) in [6.45, 7) is 4.29. The Bertz CT molecular complexity index is 623. The van der Waals surface area contributed by atoms with Crippen molar-refractivity contribution in [3.05, 3.63) is 51.0 Å². The number of rotatable bonds is 4. The lowest BCUT2D eigenvalue weighted by molar-refractivity contribution is 0.797. The number of aromatic nitrogens is 2. The van der Waals surface area contributed by atoms with Gasteiger partial charge in [-0.25, -0.2) is 4.98 Å². The van der Waals surface area contributed by atoms with Gasteiger partial charge in [0.05, 0.1) is 5.75 Å². The molecule has 0 bridgehead atoms. The molecule has 0 aliphatic carbocycles. The zero-order valence-electron chi connectivity index (χ0n) is 10.8. The predicted octanol–water partition coefficient (Wildman–Crippen LogP) is 5.32. The first kappa shape index (κ1) is 14.8. The smallest absolute Gasteiger partial charge is 0.130 e. The highest BCUT2D eigenvalue weighted by molar-refractivity contribution is 9.10. The summed E-state index contributed by atoms with van der Waals surface area (Å²) in [4.78, 5) is 8.95. The van der Waals surface area contributed by atoms with Gasteiger partial charge in [-0.15, -0.1) is 11.8 Å². The molecule has 5 heteroatoms. The number of nitrogens with one attached hydrogen (secondary N) is 1. The van der Waals surface area contributed by atoms with E-state index in [1.807, 2.05) is 24.3 Å². The summed E-state index contributed by atoms with van der Waals surface area (Å²) in [7, 11) is 0. The number of aromatic amines is 1. The Hall–Kier alpha value is -0.650. The Labute approximate surface area is 131 Å². The van der Waals surface area contributed by atoms with Gasteiger partial charge < -0.3 is 4.98 Å². The lowest BCUT2D eigenvalue weighted by atomic mass is 10.1. The molecular weight excluding hydrogens is 340 g/mol. The minimum atomic E-state index is 0.428. The molecule has 0 aliphatic rings. The third-order valence-corrected chi connectivity index (χ3v) is 4.88. The molecule has 0 amide bonds. The van der Waals surface area contributed by atoms with Crippen molar-refractivity contribution in [1.82, 2.24) is 9.97 Å². The number of hydrogen-bond donors (Lipinski definition) is 1. The van der Waals surface area contributed by atoms with E-state index < -0.39 is 0 Å². The molecule has 0 aliphatic heterocycles. The van der Waals surface area contributed by atoms with Crippen molar-refractivity contribution in [2.24, 2.45) is 0 Å². The van der Waals surface area contributed by atoms with Crippen LogP contribution in [0.4, 0.5) is 0 Å². The summed E-state index contributed by atoms with van der Waals surface area (Å²) in [5, 5.41) is 0. The molecule has 100 valence electrons. The molecule has 2 aromatic rings. The first-order valence-electron chi connectivity index (χ1n) is 6.03. The van der Waals surface area contributed by atoms with Crippen LogP contribution in [-0.4, -0.2) is 9.97 Å². The van der Waals surface area contributed by atoms with Gasteiger partial charge in [0.2, 0.25) is 0 Å². The van der Waals surface area contributed by atoms with Crippen LogP contribution in [0.25, 0.3) is 0 Å². The first-order valence-corrected chi connectivity index (χ1v) is 8.22. The molecule has 0 radical (unpaired) electrons. The molecule has 0 spiro atoms. The highest BCUT2D eigenvalue weighted by atomic mass is 79.9. The Kier molecular flexibility index (Phi) is 5.19. The maximum Gasteiger partial charge on any atom is 0.130 e. The summed E-state index contributed by atoms with van der Waals surface area (Å²) in [6, 6.07) is 10.1. The Morgan fingerprint density at radius 1 is 1.37 bits per heavy atom. The summed E-state index contributed by atoms with van der Waals surface area (Å²) in [5.41, 5.74) is 1.14. The minimum Gasteiger partial charge on any atom is -0.346 e. The van der Waals surface area contributed by atoms with E-state index in [9.17, 15) is 0 Å². The lowest BCUT2D eigenvalue weighted by Gasteiger charge is -2.09. The Balaban J connectivity index is 2.16. The van der Waals surface area contributed by atoms with Gasteiger partial charge in [-0.2, -0.15) is 0 Å². The SMILES string of the molecule is CC(C)c1cc(=S)nc(CSc2ccccc2Br)[nH]1. The number of halogens is 1. The van der Waals surface area contributed by atoms with Crippen LogP contribution in [0.3, 0.4) is 0 Å². The molecule has 19 heavy (non-hydrogen) atoms. The molecule has 0 fully saturated rings. The molecule has 0 atom stereocenters. The lowest BCUT2D eigenvalue weighted by Crippen LogP contribution is -2.00. The largest absolute Gasteiger partial charge is 0.346 e. The van der Waals surface area contributed by atoms with E-state index in [1.165, 1.54) is 4.90 Å². The third-order valence-electron chi connectivity index (χ3n) is 2.64. The van der Waals surface area contributed by atoms with Crippen LogP contribution in [0.15, 0.2) is 39.7 Å². The summed E-state index contributed by atoms with van der Waals surface area (Å²) >= 11 is 10.5. The van der Waals surface area contributed by atoms with Crippen molar-refractivity contribution in [2.75, 3.05) is 0 Å². The fourth-order valence-corrected chi connectivity index (χ4v) is 3.29. The average Bonchev–Trinajstić information content (AvgIpc) is 2.37. The van der Waals surface area contributed by atoms with Gasteiger partial charge in [0.15, 0.2) is 0 Å². The molecular formula is C14H15BrN2S2. The number of nitrogens with zero attached hydrogens (tertiary/aromatic N) is 1. The zero-order valence-corrected chi connectivity index (χ0v) is 14.0. The fourth-order valence-electron chi connectivity index (χ4n) is 1.62. The predicted molar refractivity (Wildman–Crippen MR) is 87.2 cm³/mol. The van der Waals surface area contributed by atoms with Crippen molar-refractivity contribution in [3.63, 3.8) is 0 Å². The Morgan fingerprint density at radius 3 is 2.79 bits per heavy atom. The van der Waals surface area contributed by atoms with Gasteiger partial charge in [-0.1, -0.05) is 38.2 Å². The number of hydrogen-bond acceptors (Lipinski definition) is 3. The Morgan fingerprint density at radius 2 is 2.11 bits per heavy atom. The first-order chi connectivity index (χ1) is 9.06. The fraction of sp³-hybridized carbons (Fsp3) is 0.286. The maximum absolute atomic E-state index is 5.21. The van der Waals surface area contributed by atoms with Crippen LogP contribution in [0.5, 0.6) is 0 Å². The summed E-state index contributed by atoms with van der Waals surface area (Å²) < 4.78 is 1.77. The van der Waals surface area contributed by atoms with Crippen LogP contribution < -0.4 is 0 Å². The number of H-pyrrole nitrogens is 1. The van der Waals surface area contributed by atoms with Gasteiger partial charge >= 0.3 is 0 Å². The van der Waals surface area contributed by atoms with Crippen LogP contribution in [-0.2, 0) is 5.75 Å². The quantitative estimate of drug-likeness (QED) is 0.595. The molecule has 0 saturated heterocycles. The second-order valence-corrected chi connectivity index (χ2v) is 6.79. The van der Waals surface area contributed by atoms with Crippen LogP contribution >= 0.6 is 39.9 Å². The van der Waals surface area contributed by atoms with E-state index in [2.05, 4.69) is 45.8 Å². The van der Waals surface area contributed by atoms with Crippen molar-refractivity contribution in [2.45, 2.75) is 30.4 Å². The molecule has 1 aromatic heterocycles. The van der Waals surface area contributed by atoms with Gasteiger partial charge in [0.25, 0.3) is 0 Å². The van der Waals surface area contributed by atoms with Gasteiger partial charge in [-0.05, 0) is 40.0 Å². The van der Waals surface area contributed by atoms with E-state index in [0.717, 1.165) is 21.7 Å². The van der Waals surface area contributed by atoms with E-state index in [4.69, 9.17) is 12.2 Å². The topological polar surface area (TPSA) is 28.7 Å². The second-order valence-electron chi connectivity index (χ2n) is 4.50. The monoisotopic (exact) mass is 354 g/mol. The molecule has 1 aromatic carbocycles. The third kappa shape index (κ3) is 4.16. The van der Waals surface area contributed by atoms with Crippen molar-refractivity contribution in [3.8, 4) is 0 Å². The zero-order chi connectivity index (χ0) is 13.8. The maximum atomic E-state index is 5.21. The summed E-state index contributed by atoms with van der Waals surface area (Å²) in [5.74, 6) is 2.14. The number of benzene rings is 1. The minimum absolute atomic E-state index is 0.428. The molecule has 2 nitrogen and oxygen atoms in total. The van der Waals surface area contributed by atoms with Crippen molar-refractivity contribution in [1.29, 1.82) is 0 Å². The highest BCUT2D eigenvalue weighted by Crippen LogP contribution is 2.29. The van der Waals surface area contributed by atoms with E-state index in [0.29, 0.717) is 10.6 Å².